The van der Waals surface area contributed by atoms with E-state index >= 15 is 0 Å². The Labute approximate surface area is 140 Å². The molecule has 0 nitrogen and oxygen atoms in total. The number of hydrogen-bond donors (Lipinski definition) is 0. The van der Waals surface area contributed by atoms with Gasteiger partial charge in [-0.1, -0.05) is 0 Å². The van der Waals surface area contributed by atoms with Gasteiger partial charge in [-0.15, -0.1) is 0 Å². The van der Waals surface area contributed by atoms with Crippen LogP contribution in [0.2, 0.25) is 0 Å². The van der Waals surface area contributed by atoms with Gasteiger partial charge in [0.2, 0.25) is 0 Å². The molecular weight excluding hydrogens is 427 g/mol. The second-order valence-electron chi connectivity index (χ2n) is 5.18. The van der Waals surface area contributed by atoms with Crippen molar-refractivity contribution in [3.63, 3.8) is 0 Å². The fraction of sp³-hybridized carbons (Fsp3) is 0. The van der Waals surface area contributed by atoms with Gasteiger partial charge in [-0.05, 0) is 0 Å². The van der Waals surface area contributed by atoms with E-state index in [1.165, 1.54) is 36.4 Å². The van der Waals surface area contributed by atoms with Crippen molar-refractivity contribution in [2.75, 3.05) is 0 Å². The summed E-state index contributed by atoms with van der Waals surface area (Å²) in [5, 5.41) is 0. The van der Waals surface area contributed by atoms with E-state index < -0.39 is 17.3 Å². The molecule has 3 aromatic rings. The normalized spacial score (nSPS) is 11.5. The molecule has 0 aliphatic heterocycles. The van der Waals surface area contributed by atoms with Crippen molar-refractivity contribution in [3.8, 4) is 0 Å². The Morgan fingerprint density at radius 1 is 0.478 bits per heavy atom. The molecule has 0 bridgehead atoms. The van der Waals surface area contributed by atoms with Crippen molar-refractivity contribution < 1.29 is 13.2 Å². The minimum atomic E-state index is -3.90. The van der Waals surface area contributed by atoms with Crippen LogP contribution in [0.5, 0.6) is 0 Å². The number of hydrogen-bond acceptors (Lipinski definition) is 0. The summed E-state index contributed by atoms with van der Waals surface area (Å²) in [5.74, 6) is -1.05. The summed E-state index contributed by atoms with van der Waals surface area (Å²) in [7, 11) is 7.12. The summed E-state index contributed by atoms with van der Waals surface area (Å²) in [6.45, 7) is 0. The van der Waals surface area contributed by atoms with Crippen LogP contribution in [0.4, 0.5) is 13.2 Å². The fourth-order valence-corrected chi connectivity index (χ4v) is 13.3. The van der Waals surface area contributed by atoms with E-state index in [1.807, 2.05) is 0 Å². The molecule has 0 atom stereocenters. The monoisotopic (exact) mass is 440 g/mol. The minimum absolute atomic E-state index is 0.350. The Bertz CT molecular complexity index is 688. The second-order valence-corrected chi connectivity index (χ2v) is 17.7. The predicted octanol–water partition coefficient (Wildman–Crippen LogP) is 3.31. The van der Waals surface area contributed by atoms with Crippen molar-refractivity contribution in [2.45, 2.75) is 0 Å². The Morgan fingerprint density at radius 3 is 0.913 bits per heavy atom. The van der Waals surface area contributed by atoms with Crippen LogP contribution in [0, 0.1) is 17.5 Å². The van der Waals surface area contributed by atoms with Crippen LogP contribution in [-0.2, 0) is 0 Å². The molecule has 23 heavy (non-hydrogen) atoms. The average molecular weight is 439 g/mol. The number of halogens is 4. The first-order valence-corrected chi connectivity index (χ1v) is 14.9. The van der Waals surface area contributed by atoms with Crippen LogP contribution in [-0.4, -0.2) is 17.3 Å². The first-order valence-electron chi connectivity index (χ1n) is 6.97. The molecule has 0 heterocycles. The topological polar surface area (TPSA) is 0 Å². The zero-order valence-corrected chi connectivity index (χ0v) is 15.6. The van der Waals surface area contributed by atoms with Gasteiger partial charge in [-0.3, -0.25) is 0 Å². The molecule has 0 radical (unpaired) electrons. The quantitative estimate of drug-likeness (QED) is 0.550. The van der Waals surface area contributed by atoms with Crippen molar-refractivity contribution in [1.29, 1.82) is 0 Å². The number of rotatable bonds is 3. The molecule has 5 heteroatoms. The summed E-state index contributed by atoms with van der Waals surface area (Å²) < 4.78 is 42.3. The summed E-state index contributed by atoms with van der Waals surface area (Å²) in [6, 6.07) is 18.1. The molecule has 0 spiro atoms. The third-order valence-electron chi connectivity index (χ3n) is 3.73. The molecule has 0 saturated heterocycles. The number of benzene rings is 3. The van der Waals surface area contributed by atoms with E-state index in [0.29, 0.717) is 0 Å². The Hall–Kier alpha value is -1.46. The summed E-state index contributed by atoms with van der Waals surface area (Å²) >= 11 is -3.90. The Balaban J connectivity index is 2.21. The second kappa shape index (κ2) is 6.57. The standard InChI is InChI=1S/3C6H4F.ClH.Sn/c3*7-6-4-2-1-3-5-6;;/h3*2-5H;1H;/q;;;;+1/p-1. The van der Waals surface area contributed by atoms with Gasteiger partial charge < -0.3 is 0 Å². The van der Waals surface area contributed by atoms with Crippen molar-refractivity contribution in [2.24, 2.45) is 0 Å². The summed E-state index contributed by atoms with van der Waals surface area (Å²) in [5.41, 5.74) is 0. The van der Waals surface area contributed by atoms with E-state index in [9.17, 15) is 13.2 Å². The van der Waals surface area contributed by atoms with Gasteiger partial charge in [0.25, 0.3) is 0 Å². The molecule has 0 amide bonds. The van der Waals surface area contributed by atoms with E-state index in [-0.39, 0.29) is 17.5 Å². The zero-order chi connectivity index (χ0) is 16.4. The Kier molecular flexibility index (Phi) is 4.69. The van der Waals surface area contributed by atoms with Gasteiger partial charge in [-0.2, -0.15) is 0 Å². The van der Waals surface area contributed by atoms with Gasteiger partial charge in [0.1, 0.15) is 0 Å². The summed E-state index contributed by atoms with van der Waals surface area (Å²) in [6.07, 6.45) is 0. The van der Waals surface area contributed by atoms with E-state index in [4.69, 9.17) is 8.92 Å². The summed E-state index contributed by atoms with van der Waals surface area (Å²) in [4.78, 5) is 0. The Morgan fingerprint density at radius 2 is 0.696 bits per heavy atom. The van der Waals surface area contributed by atoms with Crippen molar-refractivity contribution in [3.05, 3.63) is 90.2 Å². The molecule has 0 unspecified atom stereocenters. The van der Waals surface area contributed by atoms with Gasteiger partial charge in [-0.25, -0.2) is 0 Å². The molecule has 0 N–H and O–H groups in total. The van der Waals surface area contributed by atoms with Crippen molar-refractivity contribution >= 4 is 36.9 Å². The zero-order valence-electron chi connectivity index (χ0n) is 11.9. The predicted molar refractivity (Wildman–Crippen MR) is 89.7 cm³/mol. The van der Waals surface area contributed by atoms with Crippen LogP contribution < -0.4 is 10.7 Å². The third kappa shape index (κ3) is 3.26. The van der Waals surface area contributed by atoms with Crippen LogP contribution in [0.1, 0.15) is 0 Å². The van der Waals surface area contributed by atoms with Crippen molar-refractivity contribution in [1.82, 2.24) is 0 Å². The van der Waals surface area contributed by atoms with Crippen LogP contribution in [0.3, 0.4) is 0 Å². The SMILES string of the molecule is Fc1cc[c]([Sn]([Cl])([c]2ccc(F)cc2)[c]2ccc(F)cc2)cc1. The van der Waals surface area contributed by atoms with E-state index in [2.05, 4.69) is 0 Å². The average Bonchev–Trinajstić information content (AvgIpc) is 2.56. The molecule has 3 aromatic carbocycles. The molecule has 3 rings (SSSR count). The van der Waals surface area contributed by atoms with Crippen LogP contribution in [0.15, 0.2) is 72.8 Å². The fourth-order valence-electron chi connectivity index (χ4n) is 2.54. The molecular formula is C18H12ClF3Sn. The van der Waals surface area contributed by atoms with Crippen LogP contribution >= 0.6 is 8.92 Å². The first-order chi connectivity index (χ1) is 11.0. The van der Waals surface area contributed by atoms with Gasteiger partial charge in [0.15, 0.2) is 0 Å². The molecule has 0 aliphatic carbocycles. The van der Waals surface area contributed by atoms with Gasteiger partial charge in [0, 0.05) is 0 Å². The third-order valence-corrected chi connectivity index (χ3v) is 17.8. The maximum absolute atomic E-state index is 13.3. The molecule has 0 aliphatic rings. The van der Waals surface area contributed by atoms with Gasteiger partial charge in [0.05, 0.1) is 0 Å². The van der Waals surface area contributed by atoms with E-state index in [1.54, 1.807) is 36.4 Å². The molecule has 0 saturated carbocycles. The first kappa shape index (κ1) is 16.4. The van der Waals surface area contributed by atoms with Gasteiger partial charge >= 0.3 is 140 Å². The van der Waals surface area contributed by atoms with E-state index in [0.717, 1.165) is 10.7 Å². The molecule has 0 aromatic heterocycles. The molecule has 0 fully saturated rings. The van der Waals surface area contributed by atoms with Crippen LogP contribution in [0.25, 0.3) is 0 Å². The molecule has 116 valence electrons. The maximum atomic E-state index is 13.3.